The Bertz CT molecular complexity index is 682. The number of aromatic nitrogens is 4. The molecule has 0 unspecified atom stereocenters. The van der Waals surface area contributed by atoms with Crippen molar-refractivity contribution in [1.29, 1.82) is 0 Å². The molecule has 2 N–H and O–H groups in total. The third-order valence-corrected chi connectivity index (χ3v) is 3.66. The number of imidazole rings is 1. The fourth-order valence-electron chi connectivity index (χ4n) is 2.52. The molecule has 0 saturated carbocycles. The lowest BCUT2D eigenvalue weighted by atomic mass is 10.1. The molecule has 0 fully saturated rings. The van der Waals surface area contributed by atoms with E-state index in [1.54, 1.807) is 35.4 Å². The lowest BCUT2D eigenvalue weighted by Crippen LogP contribution is -2.49. The summed E-state index contributed by atoms with van der Waals surface area (Å²) in [6, 6.07) is -0.675. The summed E-state index contributed by atoms with van der Waals surface area (Å²) in [6.45, 7) is 2.62. The van der Waals surface area contributed by atoms with Gasteiger partial charge in [0.05, 0.1) is 19.1 Å². The van der Waals surface area contributed by atoms with E-state index in [2.05, 4.69) is 20.4 Å². The molecule has 0 spiro atoms. The number of ether oxygens (including phenoxy) is 1. The molecular formula is C16H24N6O3. The molecule has 2 rings (SSSR count). The number of rotatable bonds is 9. The van der Waals surface area contributed by atoms with E-state index in [0.29, 0.717) is 26.1 Å². The lowest BCUT2D eigenvalue weighted by Gasteiger charge is -2.27. The average molecular weight is 348 g/mol. The Hall–Kier alpha value is -2.68. The normalized spacial score (nSPS) is 12.0. The fraction of sp³-hybridized carbons (Fsp3) is 0.500. The standard InChI is InChI=1S/C16H24N6O3/c1-12(23)20-15(6-14-8-17-11-18-14)16(24)22(4-5-25-3)10-13-7-19-21(2)9-13/h7-9,11,15H,4-6,10H2,1-3H3,(H,17,18)(H,20,23)/t15-/m0/s1. The molecule has 0 aromatic carbocycles. The highest BCUT2D eigenvalue weighted by atomic mass is 16.5. The Morgan fingerprint density at radius 2 is 2.24 bits per heavy atom. The Labute approximate surface area is 146 Å². The van der Waals surface area contributed by atoms with Crippen LogP contribution in [0.4, 0.5) is 0 Å². The first-order valence-electron chi connectivity index (χ1n) is 7.99. The van der Waals surface area contributed by atoms with Crippen molar-refractivity contribution in [2.75, 3.05) is 20.3 Å². The van der Waals surface area contributed by atoms with Gasteiger partial charge in [-0.25, -0.2) is 4.98 Å². The van der Waals surface area contributed by atoms with E-state index >= 15 is 0 Å². The van der Waals surface area contributed by atoms with E-state index in [1.807, 2.05) is 13.2 Å². The number of aromatic amines is 1. The Morgan fingerprint density at radius 1 is 1.44 bits per heavy atom. The molecular weight excluding hydrogens is 324 g/mol. The maximum absolute atomic E-state index is 13.0. The molecule has 136 valence electrons. The van der Waals surface area contributed by atoms with Gasteiger partial charge in [-0.05, 0) is 0 Å². The maximum Gasteiger partial charge on any atom is 0.245 e. The molecule has 0 aliphatic rings. The van der Waals surface area contributed by atoms with Gasteiger partial charge in [-0.1, -0.05) is 0 Å². The first-order chi connectivity index (χ1) is 12.0. The van der Waals surface area contributed by atoms with Gasteiger partial charge < -0.3 is 19.9 Å². The zero-order valence-corrected chi connectivity index (χ0v) is 14.7. The maximum atomic E-state index is 13.0. The fourth-order valence-corrected chi connectivity index (χ4v) is 2.52. The van der Waals surface area contributed by atoms with Crippen LogP contribution < -0.4 is 5.32 Å². The van der Waals surface area contributed by atoms with Crippen molar-refractivity contribution < 1.29 is 14.3 Å². The summed E-state index contributed by atoms with van der Waals surface area (Å²) in [5, 5.41) is 6.85. The van der Waals surface area contributed by atoms with Crippen LogP contribution in [-0.2, 0) is 34.3 Å². The molecule has 0 aliphatic heterocycles. The molecule has 2 aromatic heterocycles. The van der Waals surface area contributed by atoms with E-state index in [0.717, 1.165) is 11.3 Å². The molecule has 0 aliphatic carbocycles. The molecule has 0 bridgehead atoms. The summed E-state index contributed by atoms with van der Waals surface area (Å²) < 4.78 is 6.80. The van der Waals surface area contributed by atoms with Crippen LogP contribution in [0.25, 0.3) is 0 Å². The van der Waals surface area contributed by atoms with E-state index in [4.69, 9.17) is 4.74 Å². The van der Waals surface area contributed by atoms with E-state index < -0.39 is 6.04 Å². The predicted molar refractivity (Wildman–Crippen MR) is 90.4 cm³/mol. The van der Waals surface area contributed by atoms with E-state index in [9.17, 15) is 9.59 Å². The highest BCUT2D eigenvalue weighted by molar-refractivity contribution is 5.87. The van der Waals surface area contributed by atoms with Crippen molar-refractivity contribution in [3.8, 4) is 0 Å². The van der Waals surface area contributed by atoms with Gasteiger partial charge >= 0.3 is 0 Å². The second kappa shape index (κ2) is 8.97. The van der Waals surface area contributed by atoms with Gasteiger partial charge in [-0.3, -0.25) is 14.3 Å². The Balaban J connectivity index is 2.14. The molecule has 2 heterocycles. The first kappa shape index (κ1) is 18.7. The summed E-state index contributed by atoms with van der Waals surface area (Å²) in [5.74, 6) is -0.434. The molecule has 1 atom stereocenters. The number of methoxy groups -OCH3 is 1. The van der Waals surface area contributed by atoms with E-state index in [1.165, 1.54) is 6.92 Å². The van der Waals surface area contributed by atoms with Gasteiger partial charge in [-0.2, -0.15) is 5.10 Å². The highest BCUT2D eigenvalue weighted by Crippen LogP contribution is 2.08. The van der Waals surface area contributed by atoms with Crippen molar-refractivity contribution in [2.45, 2.75) is 25.9 Å². The lowest BCUT2D eigenvalue weighted by molar-refractivity contribution is -0.137. The molecule has 9 heteroatoms. The van der Waals surface area contributed by atoms with Crippen molar-refractivity contribution in [3.05, 3.63) is 36.2 Å². The Morgan fingerprint density at radius 3 is 2.80 bits per heavy atom. The van der Waals surface area contributed by atoms with Gasteiger partial charge in [0.2, 0.25) is 11.8 Å². The minimum absolute atomic E-state index is 0.175. The summed E-state index contributed by atoms with van der Waals surface area (Å²) in [6.07, 6.45) is 7.10. The number of nitrogens with one attached hydrogen (secondary N) is 2. The third-order valence-electron chi connectivity index (χ3n) is 3.66. The van der Waals surface area contributed by atoms with Gasteiger partial charge in [-0.15, -0.1) is 0 Å². The van der Waals surface area contributed by atoms with E-state index in [-0.39, 0.29) is 11.8 Å². The number of H-pyrrole nitrogens is 1. The molecule has 2 amide bonds. The van der Waals surface area contributed by atoms with Crippen LogP contribution in [0.2, 0.25) is 0 Å². The van der Waals surface area contributed by atoms with Crippen LogP contribution >= 0.6 is 0 Å². The number of hydrogen-bond donors (Lipinski definition) is 2. The predicted octanol–water partition coefficient (Wildman–Crippen LogP) is -0.134. The van der Waals surface area contributed by atoms with Crippen molar-refractivity contribution in [2.24, 2.45) is 7.05 Å². The third kappa shape index (κ3) is 5.71. The topological polar surface area (TPSA) is 105 Å². The second-order valence-electron chi connectivity index (χ2n) is 5.81. The minimum atomic E-state index is -0.675. The van der Waals surface area contributed by atoms with Gasteiger partial charge in [0, 0.05) is 64.2 Å². The van der Waals surface area contributed by atoms with Crippen molar-refractivity contribution in [1.82, 2.24) is 30.0 Å². The van der Waals surface area contributed by atoms with Crippen LogP contribution in [-0.4, -0.2) is 62.8 Å². The van der Waals surface area contributed by atoms with Gasteiger partial charge in [0.15, 0.2) is 0 Å². The number of carbonyl (C=O) groups is 2. The number of hydrogen-bond acceptors (Lipinski definition) is 5. The first-order valence-corrected chi connectivity index (χ1v) is 7.99. The number of carbonyl (C=O) groups excluding carboxylic acids is 2. The van der Waals surface area contributed by atoms with Gasteiger partial charge in [0.1, 0.15) is 6.04 Å². The molecule has 0 saturated heterocycles. The quantitative estimate of drug-likeness (QED) is 0.656. The molecule has 25 heavy (non-hydrogen) atoms. The summed E-state index contributed by atoms with van der Waals surface area (Å²) >= 11 is 0. The SMILES string of the molecule is COCCN(Cc1cnn(C)c1)C(=O)[C@H](Cc1cnc[nH]1)NC(C)=O. The molecule has 0 radical (unpaired) electrons. The number of amides is 2. The molecule has 9 nitrogen and oxygen atoms in total. The second-order valence-corrected chi connectivity index (χ2v) is 5.81. The zero-order valence-electron chi connectivity index (χ0n) is 14.7. The van der Waals surface area contributed by atoms with Crippen molar-refractivity contribution >= 4 is 11.8 Å². The van der Waals surface area contributed by atoms with Crippen LogP contribution in [0.5, 0.6) is 0 Å². The van der Waals surface area contributed by atoms with Crippen LogP contribution in [0.3, 0.4) is 0 Å². The summed E-state index contributed by atoms with van der Waals surface area (Å²) in [7, 11) is 3.41. The van der Waals surface area contributed by atoms with Crippen LogP contribution in [0.1, 0.15) is 18.2 Å². The number of aryl methyl sites for hydroxylation is 1. The Kier molecular flexibility index (Phi) is 6.70. The summed E-state index contributed by atoms with van der Waals surface area (Å²) in [5.41, 5.74) is 1.69. The van der Waals surface area contributed by atoms with Crippen molar-refractivity contribution in [3.63, 3.8) is 0 Å². The monoisotopic (exact) mass is 348 g/mol. The van der Waals surface area contributed by atoms with Crippen LogP contribution in [0.15, 0.2) is 24.9 Å². The number of nitrogens with zero attached hydrogens (tertiary/aromatic N) is 4. The van der Waals surface area contributed by atoms with Crippen LogP contribution in [0, 0.1) is 0 Å². The molecule has 2 aromatic rings. The highest BCUT2D eigenvalue weighted by Gasteiger charge is 2.26. The minimum Gasteiger partial charge on any atom is -0.383 e. The summed E-state index contributed by atoms with van der Waals surface area (Å²) in [4.78, 5) is 33.1. The zero-order chi connectivity index (χ0) is 18.2. The smallest absolute Gasteiger partial charge is 0.245 e. The van der Waals surface area contributed by atoms with Gasteiger partial charge in [0.25, 0.3) is 0 Å². The average Bonchev–Trinajstić information content (AvgIpc) is 3.21. The largest absolute Gasteiger partial charge is 0.383 e.